The van der Waals surface area contributed by atoms with E-state index in [9.17, 15) is 0 Å². The van der Waals surface area contributed by atoms with Crippen molar-refractivity contribution < 1.29 is 0 Å². The fourth-order valence-corrected chi connectivity index (χ4v) is 3.66. The van der Waals surface area contributed by atoms with Crippen molar-refractivity contribution in [1.29, 1.82) is 0 Å². The Kier molecular flexibility index (Phi) is 3.20. The molecule has 1 saturated heterocycles. The van der Waals surface area contributed by atoms with Crippen molar-refractivity contribution in [1.82, 2.24) is 9.97 Å². The number of rotatable bonds is 2. The third-order valence-electron chi connectivity index (χ3n) is 3.93. The van der Waals surface area contributed by atoms with E-state index in [1.54, 1.807) is 23.7 Å². The van der Waals surface area contributed by atoms with Crippen molar-refractivity contribution in [3.05, 3.63) is 48.1 Å². The van der Waals surface area contributed by atoms with Crippen LogP contribution < -0.4 is 9.80 Å². The SMILES string of the molecule is c1cnc(N2CCN(c3cccc4sccc34)CC2)nc1. The first-order valence-electron chi connectivity index (χ1n) is 7.15. The van der Waals surface area contributed by atoms with Crippen molar-refractivity contribution in [3.8, 4) is 0 Å². The summed E-state index contributed by atoms with van der Waals surface area (Å²) in [4.78, 5) is 13.4. The monoisotopic (exact) mass is 296 g/mol. The highest BCUT2D eigenvalue weighted by molar-refractivity contribution is 7.17. The van der Waals surface area contributed by atoms with E-state index in [2.05, 4.69) is 49.4 Å². The molecule has 5 heteroatoms. The highest BCUT2D eigenvalue weighted by atomic mass is 32.1. The van der Waals surface area contributed by atoms with Crippen LogP contribution >= 0.6 is 11.3 Å². The van der Waals surface area contributed by atoms with Gasteiger partial charge in [0.1, 0.15) is 0 Å². The van der Waals surface area contributed by atoms with Gasteiger partial charge in [-0.1, -0.05) is 6.07 Å². The molecule has 1 aliphatic heterocycles. The Hall–Kier alpha value is -2.14. The largest absolute Gasteiger partial charge is 0.367 e. The third kappa shape index (κ3) is 2.34. The second-order valence-electron chi connectivity index (χ2n) is 5.13. The van der Waals surface area contributed by atoms with Gasteiger partial charge in [0.05, 0.1) is 0 Å². The molecule has 106 valence electrons. The molecular weight excluding hydrogens is 280 g/mol. The quantitative estimate of drug-likeness (QED) is 0.727. The number of nitrogens with zero attached hydrogens (tertiary/aromatic N) is 4. The molecule has 2 aromatic heterocycles. The Morgan fingerprint density at radius 3 is 2.43 bits per heavy atom. The first-order chi connectivity index (χ1) is 10.4. The number of piperazine rings is 1. The lowest BCUT2D eigenvalue weighted by Gasteiger charge is -2.36. The molecule has 0 radical (unpaired) electrons. The van der Waals surface area contributed by atoms with E-state index in [0.29, 0.717) is 0 Å². The average Bonchev–Trinajstić information content (AvgIpc) is 3.04. The Balaban J connectivity index is 1.54. The third-order valence-corrected chi connectivity index (χ3v) is 4.81. The summed E-state index contributed by atoms with van der Waals surface area (Å²) >= 11 is 1.81. The van der Waals surface area contributed by atoms with E-state index in [1.807, 2.05) is 6.07 Å². The first-order valence-corrected chi connectivity index (χ1v) is 8.03. The molecule has 4 rings (SSSR count). The molecule has 3 aromatic rings. The van der Waals surface area contributed by atoms with E-state index in [0.717, 1.165) is 32.1 Å². The number of fused-ring (bicyclic) bond motifs is 1. The summed E-state index contributed by atoms with van der Waals surface area (Å²) in [6, 6.07) is 10.7. The zero-order chi connectivity index (χ0) is 14.1. The lowest BCUT2D eigenvalue weighted by molar-refractivity contribution is 0.641. The van der Waals surface area contributed by atoms with Crippen LogP contribution in [0.15, 0.2) is 48.1 Å². The van der Waals surface area contributed by atoms with Gasteiger partial charge in [-0.25, -0.2) is 9.97 Å². The van der Waals surface area contributed by atoms with Gasteiger partial charge < -0.3 is 9.80 Å². The van der Waals surface area contributed by atoms with Crippen LogP contribution in [0.25, 0.3) is 10.1 Å². The smallest absolute Gasteiger partial charge is 0.225 e. The summed E-state index contributed by atoms with van der Waals surface area (Å²) in [5.41, 5.74) is 1.35. The molecule has 0 unspecified atom stereocenters. The maximum atomic E-state index is 4.34. The first kappa shape index (κ1) is 12.6. The Bertz CT molecular complexity index is 732. The van der Waals surface area contributed by atoms with Gasteiger partial charge >= 0.3 is 0 Å². The summed E-state index contributed by atoms with van der Waals surface area (Å²) in [7, 11) is 0. The lowest BCUT2D eigenvalue weighted by Crippen LogP contribution is -2.47. The molecule has 1 fully saturated rings. The van der Waals surface area contributed by atoms with Gasteiger partial charge in [-0.2, -0.15) is 0 Å². The highest BCUT2D eigenvalue weighted by Gasteiger charge is 2.20. The van der Waals surface area contributed by atoms with Gasteiger partial charge in [0.2, 0.25) is 5.95 Å². The van der Waals surface area contributed by atoms with Crippen LogP contribution in [0.3, 0.4) is 0 Å². The molecule has 0 N–H and O–H groups in total. The fourth-order valence-electron chi connectivity index (χ4n) is 2.86. The van der Waals surface area contributed by atoms with Crippen LogP contribution in [0, 0.1) is 0 Å². The fraction of sp³-hybridized carbons (Fsp3) is 0.250. The van der Waals surface area contributed by atoms with E-state index >= 15 is 0 Å². The molecule has 0 aliphatic carbocycles. The average molecular weight is 296 g/mol. The number of anilines is 2. The van der Waals surface area contributed by atoms with Crippen LogP contribution in [0.1, 0.15) is 0 Å². The maximum absolute atomic E-state index is 4.34. The molecule has 21 heavy (non-hydrogen) atoms. The molecule has 4 nitrogen and oxygen atoms in total. The van der Waals surface area contributed by atoms with Gasteiger partial charge in [-0.05, 0) is 29.6 Å². The van der Waals surface area contributed by atoms with Crippen LogP contribution in [-0.4, -0.2) is 36.1 Å². The van der Waals surface area contributed by atoms with Crippen LogP contribution in [-0.2, 0) is 0 Å². The Morgan fingerprint density at radius 1 is 0.857 bits per heavy atom. The molecule has 0 saturated carbocycles. The molecule has 3 heterocycles. The minimum atomic E-state index is 0.839. The molecule has 1 aliphatic rings. The summed E-state index contributed by atoms with van der Waals surface area (Å²) in [6.45, 7) is 3.94. The predicted molar refractivity (Wildman–Crippen MR) is 88.3 cm³/mol. The predicted octanol–water partition coefficient (Wildman–Crippen LogP) is 3.02. The molecule has 0 bridgehead atoms. The zero-order valence-corrected chi connectivity index (χ0v) is 12.5. The highest BCUT2D eigenvalue weighted by Crippen LogP contribution is 2.31. The van der Waals surface area contributed by atoms with Crippen molar-refractivity contribution in [2.75, 3.05) is 36.0 Å². The topological polar surface area (TPSA) is 32.3 Å². The molecule has 0 atom stereocenters. The number of hydrogen-bond acceptors (Lipinski definition) is 5. The zero-order valence-electron chi connectivity index (χ0n) is 11.6. The number of thiophene rings is 1. The Labute approximate surface area is 127 Å². The van der Waals surface area contributed by atoms with Gasteiger partial charge in [0.25, 0.3) is 0 Å². The van der Waals surface area contributed by atoms with Crippen molar-refractivity contribution in [2.24, 2.45) is 0 Å². The van der Waals surface area contributed by atoms with E-state index in [4.69, 9.17) is 0 Å². The summed E-state index contributed by atoms with van der Waals surface area (Å²) in [5, 5.41) is 3.54. The van der Waals surface area contributed by atoms with Gasteiger partial charge in [-0.3, -0.25) is 0 Å². The number of hydrogen-bond donors (Lipinski definition) is 0. The molecule has 0 spiro atoms. The van der Waals surface area contributed by atoms with Crippen LogP contribution in [0.5, 0.6) is 0 Å². The normalized spacial score (nSPS) is 15.6. The molecule has 0 amide bonds. The number of benzene rings is 1. The second-order valence-corrected chi connectivity index (χ2v) is 6.08. The van der Waals surface area contributed by atoms with Crippen LogP contribution in [0.4, 0.5) is 11.6 Å². The van der Waals surface area contributed by atoms with Crippen LogP contribution in [0.2, 0.25) is 0 Å². The second kappa shape index (κ2) is 5.33. The van der Waals surface area contributed by atoms with Gasteiger partial charge in [0, 0.05) is 54.3 Å². The van der Waals surface area contributed by atoms with E-state index < -0.39 is 0 Å². The summed E-state index contributed by atoms with van der Waals surface area (Å²) in [6.07, 6.45) is 3.61. The summed E-state index contributed by atoms with van der Waals surface area (Å²) in [5.74, 6) is 0.839. The minimum absolute atomic E-state index is 0.839. The standard InChI is InChI=1S/C16H16N4S/c1-3-14(13-5-12-21-15(13)4-1)19-8-10-20(11-9-19)16-17-6-2-7-18-16/h1-7,12H,8-11H2. The van der Waals surface area contributed by atoms with Crippen molar-refractivity contribution in [3.63, 3.8) is 0 Å². The Morgan fingerprint density at radius 2 is 1.62 bits per heavy atom. The van der Waals surface area contributed by atoms with Crippen molar-refractivity contribution >= 4 is 33.1 Å². The van der Waals surface area contributed by atoms with E-state index in [-0.39, 0.29) is 0 Å². The molecule has 1 aromatic carbocycles. The molecular formula is C16H16N4S. The number of aromatic nitrogens is 2. The maximum Gasteiger partial charge on any atom is 0.225 e. The lowest BCUT2D eigenvalue weighted by atomic mass is 10.2. The summed E-state index contributed by atoms with van der Waals surface area (Å²) < 4.78 is 1.36. The van der Waals surface area contributed by atoms with Gasteiger partial charge in [-0.15, -0.1) is 11.3 Å². The van der Waals surface area contributed by atoms with Crippen molar-refractivity contribution in [2.45, 2.75) is 0 Å². The van der Waals surface area contributed by atoms with Gasteiger partial charge in [0.15, 0.2) is 0 Å². The van der Waals surface area contributed by atoms with E-state index in [1.165, 1.54) is 15.8 Å². The minimum Gasteiger partial charge on any atom is -0.367 e.